The zero-order valence-electron chi connectivity index (χ0n) is 10.6. The lowest BCUT2D eigenvalue weighted by Gasteiger charge is -2.04. The summed E-state index contributed by atoms with van der Waals surface area (Å²) in [5.74, 6) is -0.400. The summed E-state index contributed by atoms with van der Waals surface area (Å²) < 4.78 is 2.08. The van der Waals surface area contributed by atoms with Crippen LogP contribution in [0.3, 0.4) is 0 Å². The lowest BCUT2D eigenvalue weighted by atomic mass is 10.0. The first-order valence-corrected chi connectivity index (χ1v) is 6.10. The molecule has 19 heavy (non-hydrogen) atoms. The molecule has 94 valence electrons. The summed E-state index contributed by atoms with van der Waals surface area (Å²) in [5.41, 5.74) is 9.12. The molecule has 0 unspecified atom stereocenters. The molecule has 0 saturated carbocycles. The van der Waals surface area contributed by atoms with E-state index in [-0.39, 0.29) is 0 Å². The second-order valence-corrected chi connectivity index (χ2v) is 4.65. The maximum Gasteiger partial charge on any atom is 0.248 e. The van der Waals surface area contributed by atoms with Crippen LogP contribution < -0.4 is 5.73 Å². The maximum absolute atomic E-state index is 11.2. The molecule has 1 amide bonds. The van der Waals surface area contributed by atoms with Crippen molar-refractivity contribution in [1.82, 2.24) is 4.57 Å². The fraction of sp³-hybridized carbons (Fsp3) is 0.0625. The topological polar surface area (TPSA) is 48.0 Å². The average Bonchev–Trinajstić information content (AvgIpc) is 2.80. The Bertz CT molecular complexity index is 771. The van der Waals surface area contributed by atoms with Gasteiger partial charge in [-0.2, -0.15) is 0 Å². The molecule has 1 heterocycles. The molecule has 3 rings (SSSR count). The van der Waals surface area contributed by atoms with Gasteiger partial charge in [0.05, 0.1) is 0 Å². The number of fused-ring (bicyclic) bond motifs is 1. The molecule has 0 aliphatic heterocycles. The Balaban J connectivity index is 2.13. The van der Waals surface area contributed by atoms with Crippen molar-refractivity contribution in [2.45, 2.75) is 0 Å². The Morgan fingerprint density at radius 2 is 1.84 bits per heavy atom. The van der Waals surface area contributed by atoms with Crippen LogP contribution in [0.15, 0.2) is 54.7 Å². The van der Waals surface area contributed by atoms with Gasteiger partial charge in [0.25, 0.3) is 0 Å². The molecule has 0 spiro atoms. The number of aryl methyl sites for hydroxylation is 1. The molecule has 0 atom stereocenters. The summed E-state index contributed by atoms with van der Waals surface area (Å²) in [6, 6.07) is 15.7. The van der Waals surface area contributed by atoms with Crippen LogP contribution in [0.4, 0.5) is 0 Å². The van der Waals surface area contributed by atoms with E-state index in [9.17, 15) is 4.79 Å². The van der Waals surface area contributed by atoms with Crippen molar-refractivity contribution in [3.63, 3.8) is 0 Å². The van der Waals surface area contributed by atoms with E-state index < -0.39 is 5.91 Å². The number of aromatic nitrogens is 1. The molecule has 0 aliphatic carbocycles. The van der Waals surface area contributed by atoms with Crippen LogP contribution >= 0.6 is 0 Å². The van der Waals surface area contributed by atoms with Gasteiger partial charge in [0.1, 0.15) is 0 Å². The molecule has 0 bridgehead atoms. The number of hydrogen-bond acceptors (Lipinski definition) is 1. The summed E-state index contributed by atoms with van der Waals surface area (Å²) in [6.07, 6.45) is 2.04. The average molecular weight is 250 g/mol. The highest BCUT2D eigenvalue weighted by atomic mass is 16.1. The van der Waals surface area contributed by atoms with Crippen LogP contribution in [-0.2, 0) is 7.05 Å². The minimum Gasteiger partial charge on any atom is -0.366 e. The van der Waals surface area contributed by atoms with E-state index in [1.54, 1.807) is 6.07 Å². The Labute approximate surface area is 111 Å². The minimum atomic E-state index is -0.400. The second kappa shape index (κ2) is 4.28. The third-order valence-electron chi connectivity index (χ3n) is 3.37. The zero-order chi connectivity index (χ0) is 13.4. The summed E-state index contributed by atoms with van der Waals surface area (Å²) in [4.78, 5) is 11.2. The number of nitrogens with two attached hydrogens (primary N) is 1. The van der Waals surface area contributed by atoms with Crippen LogP contribution in [0, 0.1) is 0 Å². The number of carbonyl (C=O) groups excluding carboxylic acids is 1. The van der Waals surface area contributed by atoms with Gasteiger partial charge in [0.2, 0.25) is 5.91 Å². The predicted octanol–water partition coefficient (Wildman–Crippen LogP) is 2.94. The van der Waals surface area contributed by atoms with E-state index in [0.29, 0.717) is 5.56 Å². The first kappa shape index (κ1) is 11.5. The summed E-state index contributed by atoms with van der Waals surface area (Å²) >= 11 is 0. The molecule has 0 radical (unpaired) electrons. The first-order chi connectivity index (χ1) is 9.15. The van der Waals surface area contributed by atoms with Gasteiger partial charge in [-0.1, -0.05) is 18.2 Å². The summed E-state index contributed by atoms with van der Waals surface area (Å²) in [6.45, 7) is 0. The second-order valence-electron chi connectivity index (χ2n) is 4.65. The minimum absolute atomic E-state index is 0.400. The normalized spacial score (nSPS) is 10.8. The predicted molar refractivity (Wildman–Crippen MR) is 76.9 cm³/mol. The number of amides is 1. The number of benzene rings is 2. The lowest BCUT2D eigenvalue weighted by molar-refractivity contribution is 0.100. The van der Waals surface area contributed by atoms with E-state index in [2.05, 4.69) is 28.8 Å². The van der Waals surface area contributed by atoms with Gasteiger partial charge in [-0.05, 0) is 41.5 Å². The maximum atomic E-state index is 11.2. The van der Waals surface area contributed by atoms with Gasteiger partial charge in [0, 0.05) is 29.7 Å². The van der Waals surface area contributed by atoms with Crippen molar-refractivity contribution in [3.8, 4) is 11.1 Å². The number of nitrogens with zero attached hydrogens (tertiary/aromatic N) is 1. The Morgan fingerprint density at radius 3 is 2.63 bits per heavy atom. The number of primary amides is 1. The largest absolute Gasteiger partial charge is 0.366 e. The van der Waals surface area contributed by atoms with E-state index in [1.807, 2.05) is 31.4 Å². The molecule has 0 fully saturated rings. The monoisotopic (exact) mass is 250 g/mol. The van der Waals surface area contributed by atoms with E-state index >= 15 is 0 Å². The van der Waals surface area contributed by atoms with Crippen LogP contribution in [0.5, 0.6) is 0 Å². The van der Waals surface area contributed by atoms with E-state index in [0.717, 1.165) is 11.1 Å². The number of hydrogen-bond donors (Lipinski definition) is 1. The van der Waals surface area contributed by atoms with Gasteiger partial charge in [-0.3, -0.25) is 4.79 Å². The third kappa shape index (κ3) is 1.99. The van der Waals surface area contributed by atoms with Crippen LogP contribution in [0.1, 0.15) is 10.4 Å². The highest BCUT2D eigenvalue weighted by molar-refractivity contribution is 5.94. The first-order valence-electron chi connectivity index (χ1n) is 6.10. The molecule has 3 aromatic rings. The van der Waals surface area contributed by atoms with Gasteiger partial charge < -0.3 is 10.3 Å². The van der Waals surface area contributed by atoms with E-state index in [1.165, 1.54) is 10.9 Å². The highest BCUT2D eigenvalue weighted by Gasteiger charge is 2.05. The van der Waals surface area contributed by atoms with Crippen LogP contribution in [-0.4, -0.2) is 10.5 Å². The van der Waals surface area contributed by atoms with Gasteiger partial charge in [0.15, 0.2) is 0 Å². The fourth-order valence-electron chi connectivity index (χ4n) is 2.31. The van der Waals surface area contributed by atoms with Gasteiger partial charge in [-0.25, -0.2) is 0 Å². The SMILES string of the molecule is Cn1ccc2cc(-c3cccc(C(N)=O)c3)ccc21. The van der Waals surface area contributed by atoms with Gasteiger partial charge in [-0.15, -0.1) is 0 Å². The van der Waals surface area contributed by atoms with Gasteiger partial charge >= 0.3 is 0 Å². The molecule has 2 aromatic carbocycles. The van der Waals surface area contributed by atoms with Crippen molar-refractivity contribution in [1.29, 1.82) is 0 Å². The number of carbonyl (C=O) groups is 1. The molecular weight excluding hydrogens is 236 g/mol. The van der Waals surface area contributed by atoms with Crippen LogP contribution in [0.25, 0.3) is 22.0 Å². The van der Waals surface area contributed by atoms with Crippen molar-refractivity contribution >= 4 is 16.8 Å². The standard InChI is InChI=1S/C16H14N2O/c1-18-8-7-13-9-12(5-6-15(13)18)11-3-2-4-14(10-11)16(17)19/h2-10H,1H3,(H2,17,19). The van der Waals surface area contributed by atoms with Crippen molar-refractivity contribution < 1.29 is 4.79 Å². The van der Waals surface area contributed by atoms with Crippen molar-refractivity contribution in [2.24, 2.45) is 12.8 Å². The smallest absolute Gasteiger partial charge is 0.248 e. The Hall–Kier alpha value is -2.55. The summed E-state index contributed by atoms with van der Waals surface area (Å²) in [7, 11) is 2.02. The molecule has 1 aromatic heterocycles. The summed E-state index contributed by atoms with van der Waals surface area (Å²) in [5, 5.41) is 1.18. The third-order valence-corrected chi connectivity index (χ3v) is 3.37. The van der Waals surface area contributed by atoms with Crippen molar-refractivity contribution in [3.05, 3.63) is 60.3 Å². The van der Waals surface area contributed by atoms with Crippen LogP contribution in [0.2, 0.25) is 0 Å². The quantitative estimate of drug-likeness (QED) is 0.746. The Morgan fingerprint density at radius 1 is 1.05 bits per heavy atom. The molecule has 3 heteroatoms. The number of rotatable bonds is 2. The van der Waals surface area contributed by atoms with E-state index in [4.69, 9.17) is 5.73 Å². The highest BCUT2D eigenvalue weighted by Crippen LogP contribution is 2.25. The Kier molecular flexibility index (Phi) is 2.60. The zero-order valence-corrected chi connectivity index (χ0v) is 10.6. The fourth-order valence-corrected chi connectivity index (χ4v) is 2.31. The molecule has 0 saturated heterocycles. The molecule has 2 N–H and O–H groups in total. The van der Waals surface area contributed by atoms with Crippen molar-refractivity contribution in [2.75, 3.05) is 0 Å². The lowest BCUT2D eigenvalue weighted by Crippen LogP contribution is -2.10. The molecule has 0 aliphatic rings. The molecule has 3 nitrogen and oxygen atoms in total. The molecular formula is C16H14N2O.